The standard InChI is InChI=1S/C13H23N5O3/c1-4-16(5-2)8-6-7-14-13(19)10-17-11(3)9-12(15-17)18(20)21/h9H,4-8,10H2,1-3H3,(H,14,19). The van der Waals surface area contributed by atoms with Gasteiger partial charge in [-0.3, -0.25) is 4.79 Å². The zero-order valence-electron chi connectivity index (χ0n) is 12.8. The highest BCUT2D eigenvalue weighted by molar-refractivity contribution is 5.75. The number of nitro groups is 1. The van der Waals surface area contributed by atoms with Gasteiger partial charge in [-0.1, -0.05) is 13.8 Å². The van der Waals surface area contributed by atoms with Crippen molar-refractivity contribution in [1.82, 2.24) is 20.0 Å². The second-order valence-corrected chi connectivity index (χ2v) is 4.79. The summed E-state index contributed by atoms with van der Waals surface area (Å²) in [6.45, 7) is 9.45. The molecule has 0 spiro atoms. The number of aryl methyl sites for hydroxylation is 1. The van der Waals surface area contributed by atoms with Crippen LogP contribution in [0.4, 0.5) is 5.82 Å². The highest BCUT2D eigenvalue weighted by Crippen LogP contribution is 2.10. The first-order valence-corrected chi connectivity index (χ1v) is 7.15. The fourth-order valence-corrected chi connectivity index (χ4v) is 2.00. The van der Waals surface area contributed by atoms with Crippen LogP contribution in [0.15, 0.2) is 6.07 Å². The largest absolute Gasteiger partial charge is 0.390 e. The lowest BCUT2D eigenvalue weighted by molar-refractivity contribution is -0.389. The first-order valence-electron chi connectivity index (χ1n) is 7.15. The van der Waals surface area contributed by atoms with E-state index in [4.69, 9.17) is 0 Å². The maximum Gasteiger partial charge on any atom is 0.390 e. The van der Waals surface area contributed by atoms with Gasteiger partial charge in [0.2, 0.25) is 5.91 Å². The highest BCUT2D eigenvalue weighted by Gasteiger charge is 2.17. The fraction of sp³-hybridized carbons (Fsp3) is 0.692. The summed E-state index contributed by atoms with van der Waals surface area (Å²) in [5, 5.41) is 17.2. The molecule has 0 aromatic carbocycles. The van der Waals surface area contributed by atoms with Crippen molar-refractivity contribution in [2.45, 2.75) is 33.7 Å². The molecule has 0 bridgehead atoms. The van der Waals surface area contributed by atoms with Crippen LogP contribution in [0.2, 0.25) is 0 Å². The van der Waals surface area contributed by atoms with E-state index in [1.165, 1.54) is 10.7 Å². The van der Waals surface area contributed by atoms with Gasteiger partial charge in [0, 0.05) is 6.54 Å². The quantitative estimate of drug-likeness (QED) is 0.416. The van der Waals surface area contributed by atoms with E-state index in [0.717, 1.165) is 26.1 Å². The summed E-state index contributed by atoms with van der Waals surface area (Å²) in [5.41, 5.74) is 0.597. The van der Waals surface area contributed by atoms with Crippen LogP contribution in [0.1, 0.15) is 26.0 Å². The third-order valence-electron chi connectivity index (χ3n) is 3.32. The van der Waals surface area contributed by atoms with E-state index < -0.39 is 4.92 Å². The van der Waals surface area contributed by atoms with Gasteiger partial charge in [0.25, 0.3) is 0 Å². The third kappa shape index (κ3) is 5.50. The van der Waals surface area contributed by atoms with Crippen LogP contribution in [0.25, 0.3) is 0 Å². The van der Waals surface area contributed by atoms with Crippen molar-refractivity contribution in [2.75, 3.05) is 26.2 Å². The van der Waals surface area contributed by atoms with Gasteiger partial charge in [-0.2, -0.15) is 4.68 Å². The van der Waals surface area contributed by atoms with Gasteiger partial charge in [0.1, 0.15) is 6.54 Å². The Morgan fingerprint density at radius 2 is 2.14 bits per heavy atom. The Balaban J connectivity index is 2.35. The number of carbonyl (C=O) groups is 1. The van der Waals surface area contributed by atoms with Crippen LogP contribution in [0, 0.1) is 17.0 Å². The van der Waals surface area contributed by atoms with Crippen LogP contribution < -0.4 is 5.32 Å². The van der Waals surface area contributed by atoms with Gasteiger partial charge >= 0.3 is 5.82 Å². The summed E-state index contributed by atoms with van der Waals surface area (Å²) in [7, 11) is 0. The van der Waals surface area contributed by atoms with E-state index in [1.807, 2.05) is 0 Å². The number of amides is 1. The average Bonchev–Trinajstić information content (AvgIpc) is 2.80. The van der Waals surface area contributed by atoms with Crippen LogP contribution in [-0.2, 0) is 11.3 Å². The fourth-order valence-electron chi connectivity index (χ4n) is 2.00. The number of hydrogen-bond donors (Lipinski definition) is 1. The highest BCUT2D eigenvalue weighted by atomic mass is 16.6. The molecule has 1 heterocycles. The van der Waals surface area contributed by atoms with Crippen LogP contribution in [0.5, 0.6) is 0 Å². The zero-order chi connectivity index (χ0) is 15.8. The van der Waals surface area contributed by atoms with Crippen molar-refractivity contribution in [1.29, 1.82) is 0 Å². The summed E-state index contributed by atoms with van der Waals surface area (Å²) in [6.07, 6.45) is 0.881. The molecule has 21 heavy (non-hydrogen) atoms. The zero-order valence-corrected chi connectivity index (χ0v) is 12.8. The number of carbonyl (C=O) groups excluding carboxylic acids is 1. The van der Waals surface area contributed by atoms with Crippen molar-refractivity contribution >= 4 is 11.7 Å². The molecular formula is C13H23N5O3. The topological polar surface area (TPSA) is 93.3 Å². The maximum absolute atomic E-state index is 11.8. The minimum Gasteiger partial charge on any atom is -0.358 e. The second-order valence-electron chi connectivity index (χ2n) is 4.79. The molecule has 0 atom stereocenters. The maximum atomic E-state index is 11.8. The Morgan fingerprint density at radius 3 is 2.67 bits per heavy atom. The minimum absolute atomic E-state index is 0.00490. The molecule has 0 aliphatic rings. The predicted molar refractivity (Wildman–Crippen MR) is 79.0 cm³/mol. The molecular weight excluding hydrogens is 274 g/mol. The molecule has 8 heteroatoms. The van der Waals surface area contributed by atoms with E-state index in [9.17, 15) is 14.9 Å². The van der Waals surface area contributed by atoms with Crippen LogP contribution >= 0.6 is 0 Å². The van der Waals surface area contributed by atoms with Crippen molar-refractivity contribution < 1.29 is 9.72 Å². The number of nitrogens with one attached hydrogen (secondary N) is 1. The molecule has 0 aliphatic heterocycles. The Labute approximate surface area is 124 Å². The van der Waals surface area contributed by atoms with Crippen LogP contribution in [-0.4, -0.2) is 51.7 Å². The van der Waals surface area contributed by atoms with Gasteiger partial charge in [-0.25, -0.2) is 0 Å². The first kappa shape index (κ1) is 17.1. The molecule has 0 aliphatic carbocycles. The predicted octanol–water partition coefficient (Wildman–Crippen LogP) is 0.948. The molecule has 0 fully saturated rings. The van der Waals surface area contributed by atoms with Crippen molar-refractivity contribution in [3.05, 3.63) is 21.9 Å². The molecule has 0 radical (unpaired) electrons. The number of nitrogens with zero attached hydrogens (tertiary/aromatic N) is 4. The molecule has 0 saturated carbocycles. The lowest BCUT2D eigenvalue weighted by Gasteiger charge is -2.17. The summed E-state index contributed by atoms with van der Waals surface area (Å²) in [6, 6.07) is 1.35. The summed E-state index contributed by atoms with van der Waals surface area (Å²) < 4.78 is 1.35. The second kappa shape index (κ2) is 8.35. The molecule has 1 N–H and O–H groups in total. The van der Waals surface area contributed by atoms with Crippen molar-refractivity contribution in [3.8, 4) is 0 Å². The molecule has 1 rings (SSSR count). The number of aromatic nitrogens is 2. The minimum atomic E-state index is -0.564. The number of hydrogen-bond acceptors (Lipinski definition) is 5. The van der Waals surface area contributed by atoms with E-state index >= 15 is 0 Å². The van der Waals surface area contributed by atoms with Gasteiger partial charge in [-0.05, 0) is 37.9 Å². The molecule has 1 amide bonds. The van der Waals surface area contributed by atoms with E-state index in [2.05, 4.69) is 29.2 Å². The smallest absolute Gasteiger partial charge is 0.358 e. The van der Waals surface area contributed by atoms with E-state index in [-0.39, 0.29) is 18.3 Å². The molecule has 1 aromatic heterocycles. The average molecular weight is 297 g/mol. The van der Waals surface area contributed by atoms with Crippen molar-refractivity contribution in [2.24, 2.45) is 0 Å². The summed E-state index contributed by atoms with van der Waals surface area (Å²) in [4.78, 5) is 24.1. The molecule has 0 saturated heterocycles. The molecule has 1 aromatic rings. The Kier molecular flexibility index (Phi) is 6.80. The monoisotopic (exact) mass is 297 g/mol. The lowest BCUT2D eigenvalue weighted by Crippen LogP contribution is -2.32. The van der Waals surface area contributed by atoms with Crippen molar-refractivity contribution in [3.63, 3.8) is 0 Å². The number of rotatable bonds is 9. The molecule has 8 nitrogen and oxygen atoms in total. The van der Waals surface area contributed by atoms with Gasteiger partial charge < -0.3 is 20.3 Å². The van der Waals surface area contributed by atoms with E-state index in [0.29, 0.717) is 12.2 Å². The molecule has 0 unspecified atom stereocenters. The summed E-state index contributed by atoms with van der Waals surface area (Å²) >= 11 is 0. The summed E-state index contributed by atoms with van der Waals surface area (Å²) in [5.74, 6) is -0.419. The lowest BCUT2D eigenvalue weighted by atomic mass is 10.3. The van der Waals surface area contributed by atoms with Gasteiger partial charge in [-0.15, -0.1) is 0 Å². The van der Waals surface area contributed by atoms with E-state index in [1.54, 1.807) is 6.92 Å². The Bertz CT molecular complexity index is 482. The molecule has 118 valence electrons. The third-order valence-corrected chi connectivity index (χ3v) is 3.32. The normalized spacial score (nSPS) is 10.9. The van der Waals surface area contributed by atoms with Gasteiger partial charge in [0.15, 0.2) is 0 Å². The Hall–Kier alpha value is -1.96. The Morgan fingerprint density at radius 1 is 1.48 bits per heavy atom. The van der Waals surface area contributed by atoms with Gasteiger partial charge in [0.05, 0.1) is 16.9 Å². The SMILES string of the molecule is CCN(CC)CCCNC(=O)Cn1nc([N+](=O)[O-])cc1C. The van der Waals surface area contributed by atoms with Crippen LogP contribution in [0.3, 0.4) is 0 Å². The first-order chi connectivity index (χ1) is 9.97.